The van der Waals surface area contributed by atoms with Crippen molar-refractivity contribution in [3.63, 3.8) is 0 Å². The maximum atomic E-state index is 12.2. The van der Waals surface area contributed by atoms with Crippen molar-refractivity contribution < 1.29 is 4.79 Å². The van der Waals surface area contributed by atoms with Gasteiger partial charge in [0.05, 0.1) is 23.4 Å². The molecule has 1 fully saturated rings. The van der Waals surface area contributed by atoms with E-state index in [-0.39, 0.29) is 5.91 Å². The van der Waals surface area contributed by atoms with Gasteiger partial charge >= 0.3 is 0 Å². The van der Waals surface area contributed by atoms with Gasteiger partial charge in [0.25, 0.3) is 0 Å². The average molecular weight is 325 g/mol. The Morgan fingerprint density at radius 1 is 1.53 bits per heavy atom. The first-order chi connectivity index (χ1) is 9.21. The molecule has 0 aromatic carbocycles. The summed E-state index contributed by atoms with van der Waals surface area (Å²) in [6.07, 6.45) is 8.58. The van der Waals surface area contributed by atoms with E-state index >= 15 is 0 Å². The predicted molar refractivity (Wildman–Crippen MR) is 70.2 cm³/mol. The zero-order valence-electron chi connectivity index (χ0n) is 10.2. The highest BCUT2D eigenvalue weighted by Gasteiger charge is 2.52. The highest BCUT2D eigenvalue weighted by molar-refractivity contribution is 9.10. The molecular weight excluding hydrogens is 312 g/mol. The Morgan fingerprint density at radius 2 is 2.37 bits per heavy atom. The normalized spacial score (nSPS) is 16.3. The van der Waals surface area contributed by atoms with E-state index in [1.165, 1.54) is 0 Å². The second kappa shape index (κ2) is 4.76. The van der Waals surface area contributed by atoms with Gasteiger partial charge in [-0.1, -0.05) is 5.21 Å². The summed E-state index contributed by atoms with van der Waals surface area (Å²) < 4.78 is 4.31. The van der Waals surface area contributed by atoms with Crippen LogP contribution in [0.4, 0.5) is 0 Å². The first kappa shape index (κ1) is 12.3. The third-order valence-corrected chi connectivity index (χ3v) is 3.64. The smallest absolute Gasteiger partial charge is 0.248 e. The highest BCUT2D eigenvalue weighted by atomic mass is 79.9. The number of carbonyl (C=O) groups excluding carboxylic acids is 1. The van der Waals surface area contributed by atoms with Gasteiger partial charge in [0.2, 0.25) is 5.91 Å². The van der Waals surface area contributed by atoms with Crippen LogP contribution in [-0.4, -0.2) is 37.2 Å². The SMILES string of the molecule is O=C(NCCn1ccnn1)C1(n2cc(Br)cn2)CC1. The fraction of sp³-hybridized carbons (Fsp3) is 0.455. The molecule has 1 aliphatic rings. The standard InChI is InChI=1S/C11H13BrN6O/c12-9-7-15-18(8-9)11(1-2-11)10(19)13-3-5-17-6-4-14-16-17/h4,6-8H,1-3,5H2,(H,13,19). The molecule has 7 nitrogen and oxygen atoms in total. The molecule has 0 spiro atoms. The minimum absolute atomic E-state index is 0.0169. The third-order valence-electron chi connectivity index (χ3n) is 3.23. The molecule has 1 saturated carbocycles. The van der Waals surface area contributed by atoms with E-state index in [9.17, 15) is 4.79 Å². The second-order valence-corrected chi connectivity index (χ2v) is 5.47. The first-order valence-electron chi connectivity index (χ1n) is 6.04. The van der Waals surface area contributed by atoms with E-state index in [1.54, 1.807) is 28.0 Å². The quantitative estimate of drug-likeness (QED) is 0.870. The van der Waals surface area contributed by atoms with Crippen LogP contribution in [0.1, 0.15) is 12.8 Å². The van der Waals surface area contributed by atoms with Crippen LogP contribution in [0.5, 0.6) is 0 Å². The predicted octanol–water partition coefficient (Wildman–Crippen LogP) is 0.543. The fourth-order valence-corrected chi connectivity index (χ4v) is 2.30. The number of halogens is 1. The maximum absolute atomic E-state index is 12.2. The molecule has 100 valence electrons. The Balaban J connectivity index is 1.58. The Morgan fingerprint density at radius 3 is 2.95 bits per heavy atom. The number of amides is 1. The molecule has 1 amide bonds. The van der Waals surface area contributed by atoms with Crippen LogP contribution in [-0.2, 0) is 16.9 Å². The summed E-state index contributed by atoms with van der Waals surface area (Å²) >= 11 is 3.35. The Bertz CT molecular complexity index is 574. The lowest BCUT2D eigenvalue weighted by atomic mass is 10.2. The zero-order valence-corrected chi connectivity index (χ0v) is 11.7. The van der Waals surface area contributed by atoms with Gasteiger partial charge in [0.15, 0.2) is 0 Å². The third kappa shape index (κ3) is 2.40. The van der Waals surface area contributed by atoms with Crippen LogP contribution in [0.3, 0.4) is 0 Å². The van der Waals surface area contributed by atoms with Crippen LogP contribution < -0.4 is 5.32 Å². The Labute approximate surface area is 118 Å². The molecule has 2 heterocycles. The van der Waals surface area contributed by atoms with Crippen LogP contribution in [0, 0.1) is 0 Å². The molecule has 0 atom stereocenters. The van der Waals surface area contributed by atoms with E-state index in [2.05, 4.69) is 36.7 Å². The van der Waals surface area contributed by atoms with E-state index in [4.69, 9.17) is 0 Å². The molecule has 0 unspecified atom stereocenters. The monoisotopic (exact) mass is 324 g/mol. The Hall–Kier alpha value is -1.70. The molecule has 2 aromatic heterocycles. The lowest BCUT2D eigenvalue weighted by Gasteiger charge is -2.15. The second-order valence-electron chi connectivity index (χ2n) is 4.56. The van der Waals surface area contributed by atoms with Crippen molar-refractivity contribution in [1.82, 2.24) is 30.1 Å². The van der Waals surface area contributed by atoms with Crippen molar-refractivity contribution in [2.45, 2.75) is 24.9 Å². The van der Waals surface area contributed by atoms with Gasteiger partial charge in [0, 0.05) is 18.9 Å². The minimum atomic E-state index is -0.492. The van der Waals surface area contributed by atoms with E-state index in [1.807, 2.05) is 6.20 Å². The number of hydrogen-bond donors (Lipinski definition) is 1. The largest absolute Gasteiger partial charge is 0.352 e. The van der Waals surface area contributed by atoms with Gasteiger partial charge in [-0.3, -0.25) is 14.2 Å². The number of hydrogen-bond acceptors (Lipinski definition) is 4. The first-order valence-corrected chi connectivity index (χ1v) is 6.83. The highest BCUT2D eigenvalue weighted by Crippen LogP contribution is 2.43. The summed E-state index contributed by atoms with van der Waals surface area (Å²) in [5.74, 6) is 0.0169. The molecule has 0 bridgehead atoms. The molecule has 0 saturated heterocycles. The zero-order chi connectivity index (χ0) is 13.3. The Kier molecular flexibility index (Phi) is 3.09. The van der Waals surface area contributed by atoms with E-state index in [0.717, 1.165) is 17.3 Å². The average Bonchev–Trinajstić information content (AvgIpc) is 2.83. The molecule has 1 N–H and O–H groups in total. The number of rotatable bonds is 5. The van der Waals surface area contributed by atoms with Crippen molar-refractivity contribution >= 4 is 21.8 Å². The van der Waals surface area contributed by atoms with Crippen LogP contribution in [0.15, 0.2) is 29.3 Å². The summed E-state index contributed by atoms with van der Waals surface area (Å²) in [6, 6.07) is 0. The minimum Gasteiger partial charge on any atom is -0.352 e. The van der Waals surface area contributed by atoms with Crippen molar-refractivity contribution in [2.75, 3.05) is 6.54 Å². The fourth-order valence-electron chi connectivity index (χ4n) is 2.01. The van der Waals surface area contributed by atoms with E-state index in [0.29, 0.717) is 13.1 Å². The number of aromatic nitrogens is 5. The van der Waals surface area contributed by atoms with Gasteiger partial charge in [-0.15, -0.1) is 5.10 Å². The molecule has 0 radical (unpaired) electrons. The van der Waals surface area contributed by atoms with Crippen molar-refractivity contribution in [1.29, 1.82) is 0 Å². The van der Waals surface area contributed by atoms with Gasteiger partial charge in [-0.05, 0) is 28.8 Å². The topological polar surface area (TPSA) is 77.6 Å². The van der Waals surface area contributed by atoms with Crippen LogP contribution >= 0.6 is 15.9 Å². The van der Waals surface area contributed by atoms with Crippen molar-refractivity contribution in [3.8, 4) is 0 Å². The molecular formula is C11H13BrN6O. The van der Waals surface area contributed by atoms with Gasteiger partial charge in [-0.2, -0.15) is 5.10 Å². The number of nitrogens with zero attached hydrogens (tertiary/aromatic N) is 5. The molecule has 2 aromatic rings. The summed E-state index contributed by atoms with van der Waals surface area (Å²) in [5.41, 5.74) is -0.492. The van der Waals surface area contributed by atoms with Crippen LogP contribution in [0.25, 0.3) is 0 Å². The van der Waals surface area contributed by atoms with Gasteiger partial charge in [-0.25, -0.2) is 0 Å². The van der Waals surface area contributed by atoms with Crippen molar-refractivity contribution in [3.05, 3.63) is 29.3 Å². The van der Waals surface area contributed by atoms with Crippen molar-refractivity contribution in [2.24, 2.45) is 0 Å². The van der Waals surface area contributed by atoms with Gasteiger partial charge in [0.1, 0.15) is 5.54 Å². The summed E-state index contributed by atoms with van der Waals surface area (Å²) in [5, 5.41) is 14.7. The lowest BCUT2D eigenvalue weighted by Crippen LogP contribution is -2.40. The molecule has 3 rings (SSSR count). The number of carbonyl (C=O) groups is 1. The summed E-state index contributed by atoms with van der Waals surface area (Å²) in [6.45, 7) is 1.15. The van der Waals surface area contributed by atoms with Crippen LogP contribution in [0.2, 0.25) is 0 Å². The molecule has 0 aliphatic heterocycles. The van der Waals surface area contributed by atoms with E-state index < -0.39 is 5.54 Å². The van der Waals surface area contributed by atoms with Gasteiger partial charge < -0.3 is 5.32 Å². The lowest BCUT2D eigenvalue weighted by molar-refractivity contribution is -0.126. The summed E-state index contributed by atoms with van der Waals surface area (Å²) in [4.78, 5) is 12.2. The molecule has 8 heteroatoms. The molecule has 19 heavy (non-hydrogen) atoms. The number of nitrogens with one attached hydrogen (secondary N) is 1. The molecule has 1 aliphatic carbocycles. The maximum Gasteiger partial charge on any atom is 0.248 e. The summed E-state index contributed by atoms with van der Waals surface area (Å²) in [7, 11) is 0.